The fourth-order valence-corrected chi connectivity index (χ4v) is 4.67. The van der Waals surface area contributed by atoms with E-state index in [0.717, 1.165) is 33.2 Å². The first kappa shape index (κ1) is 22.4. The van der Waals surface area contributed by atoms with Crippen LogP contribution < -0.4 is 4.74 Å². The van der Waals surface area contributed by atoms with E-state index in [2.05, 4.69) is 35.0 Å². The molecule has 0 saturated heterocycles. The third kappa shape index (κ3) is 4.41. The summed E-state index contributed by atoms with van der Waals surface area (Å²) in [6.07, 6.45) is 2.53. The molecule has 0 fully saturated rings. The first-order valence-electron chi connectivity index (χ1n) is 11.3. The second kappa shape index (κ2) is 9.47. The topological polar surface area (TPSA) is 51.5 Å². The van der Waals surface area contributed by atoms with Crippen LogP contribution in [0.15, 0.2) is 103 Å². The number of hydrogen-bond donors (Lipinski definition) is 1. The molecule has 0 unspecified atom stereocenters. The minimum Gasteiger partial charge on any atom is -0.496 e. The highest BCUT2D eigenvalue weighted by molar-refractivity contribution is 5.88. The van der Waals surface area contributed by atoms with Gasteiger partial charge in [-0.25, -0.2) is 9.18 Å². The summed E-state index contributed by atoms with van der Waals surface area (Å²) in [4.78, 5) is 11.4. The van der Waals surface area contributed by atoms with Crippen molar-refractivity contribution in [3.05, 3.63) is 137 Å². The molecule has 0 bridgehead atoms. The summed E-state index contributed by atoms with van der Waals surface area (Å²) in [5, 5.41) is 10.1. The summed E-state index contributed by atoms with van der Waals surface area (Å²) < 4.78 is 22.1. The van der Waals surface area contributed by atoms with E-state index in [1.807, 2.05) is 42.5 Å². The van der Waals surface area contributed by atoms with Crippen molar-refractivity contribution < 1.29 is 19.0 Å². The SMILES string of the molecule is COc1cc(C(=O)O)ccc1Cc1cn(C(c2ccccc2)c2ccccc2)c2ccc(F)cc12. The molecule has 0 atom stereocenters. The molecule has 174 valence electrons. The molecule has 1 heterocycles. The van der Waals surface area contributed by atoms with Crippen LogP contribution in [0.5, 0.6) is 5.75 Å². The first-order valence-corrected chi connectivity index (χ1v) is 11.3. The van der Waals surface area contributed by atoms with Gasteiger partial charge < -0.3 is 14.4 Å². The highest BCUT2D eigenvalue weighted by atomic mass is 19.1. The Morgan fingerprint density at radius 1 is 0.886 bits per heavy atom. The van der Waals surface area contributed by atoms with Crippen molar-refractivity contribution in [3.8, 4) is 5.75 Å². The molecule has 5 heteroatoms. The Labute approximate surface area is 202 Å². The van der Waals surface area contributed by atoms with Gasteiger partial charge in [-0.15, -0.1) is 0 Å². The monoisotopic (exact) mass is 465 g/mol. The number of aromatic carboxylic acids is 1. The molecule has 0 aliphatic carbocycles. The molecule has 0 aliphatic rings. The smallest absolute Gasteiger partial charge is 0.335 e. The number of carboxylic acids is 1. The predicted molar refractivity (Wildman–Crippen MR) is 135 cm³/mol. The van der Waals surface area contributed by atoms with Gasteiger partial charge >= 0.3 is 5.97 Å². The molecule has 0 saturated carbocycles. The van der Waals surface area contributed by atoms with E-state index >= 15 is 0 Å². The third-order valence-corrected chi connectivity index (χ3v) is 6.30. The van der Waals surface area contributed by atoms with E-state index in [-0.39, 0.29) is 17.4 Å². The van der Waals surface area contributed by atoms with Crippen molar-refractivity contribution in [1.29, 1.82) is 0 Å². The minimum atomic E-state index is -1.01. The zero-order chi connectivity index (χ0) is 24.4. The van der Waals surface area contributed by atoms with E-state index in [9.17, 15) is 14.3 Å². The summed E-state index contributed by atoms with van der Waals surface area (Å²) in [7, 11) is 1.52. The van der Waals surface area contributed by atoms with Gasteiger partial charge in [0, 0.05) is 23.5 Å². The van der Waals surface area contributed by atoms with Crippen LogP contribution in [-0.4, -0.2) is 22.8 Å². The summed E-state index contributed by atoms with van der Waals surface area (Å²) in [6.45, 7) is 0. The van der Waals surface area contributed by atoms with Crippen molar-refractivity contribution in [2.24, 2.45) is 0 Å². The Morgan fingerprint density at radius 3 is 2.14 bits per heavy atom. The van der Waals surface area contributed by atoms with Gasteiger partial charge in [-0.1, -0.05) is 66.7 Å². The average molecular weight is 466 g/mol. The number of methoxy groups -OCH3 is 1. The number of carboxylic acid groups (broad SMARTS) is 1. The van der Waals surface area contributed by atoms with Gasteiger partial charge in [-0.3, -0.25) is 0 Å². The van der Waals surface area contributed by atoms with Gasteiger partial charge in [-0.05, 0) is 52.6 Å². The number of benzene rings is 4. The molecule has 0 spiro atoms. The Hall–Kier alpha value is -4.38. The van der Waals surface area contributed by atoms with Crippen LogP contribution in [0.1, 0.15) is 38.7 Å². The maximum atomic E-state index is 14.4. The van der Waals surface area contributed by atoms with Crippen LogP contribution in [0, 0.1) is 5.82 Å². The Kier molecular flexibility index (Phi) is 6.06. The van der Waals surface area contributed by atoms with Crippen LogP contribution >= 0.6 is 0 Å². The number of rotatable bonds is 7. The summed E-state index contributed by atoms with van der Waals surface area (Å²) >= 11 is 0. The molecule has 4 aromatic carbocycles. The van der Waals surface area contributed by atoms with Crippen LogP contribution in [0.25, 0.3) is 10.9 Å². The lowest BCUT2D eigenvalue weighted by molar-refractivity contribution is 0.0696. The number of nitrogens with zero attached hydrogens (tertiary/aromatic N) is 1. The lowest BCUT2D eigenvalue weighted by Gasteiger charge is -2.21. The summed E-state index contributed by atoms with van der Waals surface area (Å²) in [5.41, 5.74) is 5.08. The van der Waals surface area contributed by atoms with Crippen LogP contribution in [0.2, 0.25) is 0 Å². The van der Waals surface area contributed by atoms with Crippen LogP contribution in [0.3, 0.4) is 0 Å². The van der Waals surface area contributed by atoms with E-state index in [1.165, 1.54) is 19.2 Å². The predicted octanol–water partition coefficient (Wildman–Crippen LogP) is 6.72. The molecule has 1 N–H and O–H groups in total. The zero-order valence-corrected chi connectivity index (χ0v) is 19.2. The fourth-order valence-electron chi connectivity index (χ4n) is 4.67. The Balaban J connectivity index is 1.68. The van der Waals surface area contributed by atoms with Crippen LogP contribution in [0.4, 0.5) is 4.39 Å². The Bertz CT molecular complexity index is 1450. The van der Waals surface area contributed by atoms with Crippen LogP contribution in [-0.2, 0) is 6.42 Å². The van der Waals surface area contributed by atoms with Gasteiger partial charge in [0.1, 0.15) is 11.6 Å². The number of aromatic nitrogens is 1. The number of carbonyl (C=O) groups is 1. The molecule has 35 heavy (non-hydrogen) atoms. The summed E-state index contributed by atoms with van der Waals surface area (Å²) in [6, 6.07) is 30.1. The fraction of sp³-hybridized carbons (Fsp3) is 0.100. The Morgan fingerprint density at radius 2 is 1.54 bits per heavy atom. The molecule has 4 nitrogen and oxygen atoms in total. The second-order valence-electron chi connectivity index (χ2n) is 8.46. The average Bonchev–Trinajstić information content (AvgIpc) is 3.22. The van der Waals surface area contributed by atoms with E-state index in [0.29, 0.717) is 12.2 Å². The van der Waals surface area contributed by atoms with Gasteiger partial charge in [0.15, 0.2) is 0 Å². The van der Waals surface area contributed by atoms with Gasteiger partial charge in [-0.2, -0.15) is 0 Å². The maximum Gasteiger partial charge on any atom is 0.335 e. The number of ether oxygens (including phenoxy) is 1. The molecular formula is C30H24FNO3. The molecule has 5 rings (SSSR count). The molecule has 5 aromatic rings. The van der Waals surface area contributed by atoms with Gasteiger partial charge in [0.2, 0.25) is 0 Å². The zero-order valence-electron chi connectivity index (χ0n) is 19.2. The van der Waals surface area contributed by atoms with Crippen molar-refractivity contribution in [3.63, 3.8) is 0 Å². The molecule has 1 aromatic heterocycles. The normalized spacial score (nSPS) is 11.2. The first-order chi connectivity index (χ1) is 17.0. The largest absolute Gasteiger partial charge is 0.496 e. The van der Waals surface area contributed by atoms with Crippen molar-refractivity contribution in [2.45, 2.75) is 12.5 Å². The third-order valence-electron chi connectivity index (χ3n) is 6.30. The van der Waals surface area contributed by atoms with Crippen molar-refractivity contribution >= 4 is 16.9 Å². The van der Waals surface area contributed by atoms with Gasteiger partial charge in [0.05, 0.1) is 18.7 Å². The molecule has 0 amide bonds. The number of hydrogen-bond acceptors (Lipinski definition) is 2. The molecule has 0 radical (unpaired) electrons. The van der Waals surface area contributed by atoms with E-state index in [1.54, 1.807) is 18.2 Å². The standard InChI is InChI=1S/C30H24FNO3/c1-35-28-17-23(30(33)34)13-12-22(28)16-24-19-32(27-15-14-25(31)18-26(24)27)29(20-8-4-2-5-9-20)21-10-6-3-7-11-21/h2-15,17-19,29H,16H2,1H3,(H,33,34). The van der Waals surface area contributed by atoms with E-state index < -0.39 is 5.97 Å². The highest BCUT2D eigenvalue weighted by Gasteiger charge is 2.21. The number of halogens is 1. The lowest BCUT2D eigenvalue weighted by atomic mass is 9.98. The second-order valence-corrected chi connectivity index (χ2v) is 8.46. The number of fused-ring (bicyclic) bond motifs is 1. The summed E-state index contributed by atoms with van der Waals surface area (Å²) in [5.74, 6) is -0.826. The van der Waals surface area contributed by atoms with Crippen molar-refractivity contribution in [1.82, 2.24) is 4.57 Å². The molecule has 0 aliphatic heterocycles. The van der Waals surface area contributed by atoms with Crippen molar-refractivity contribution in [2.75, 3.05) is 7.11 Å². The highest BCUT2D eigenvalue weighted by Crippen LogP contribution is 2.35. The maximum absolute atomic E-state index is 14.4. The lowest BCUT2D eigenvalue weighted by Crippen LogP contribution is -2.11. The van der Waals surface area contributed by atoms with Gasteiger partial charge in [0.25, 0.3) is 0 Å². The van der Waals surface area contributed by atoms with E-state index in [4.69, 9.17) is 4.74 Å². The minimum absolute atomic E-state index is 0.101. The molecular weight excluding hydrogens is 441 g/mol. The quantitative estimate of drug-likeness (QED) is 0.290.